The van der Waals surface area contributed by atoms with Gasteiger partial charge >= 0.3 is 0 Å². The SMILES string of the molecule is Cn1c(C(=O)N(Cc2cccnc2)Cc2ccccc2F)cc2sccc21. The fourth-order valence-electron chi connectivity index (χ4n) is 3.16. The largest absolute Gasteiger partial charge is 0.339 e. The van der Waals surface area contributed by atoms with Crippen molar-refractivity contribution in [3.63, 3.8) is 0 Å². The maximum atomic E-state index is 14.2. The molecule has 3 aromatic heterocycles. The second kappa shape index (κ2) is 7.32. The lowest BCUT2D eigenvalue weighted by molar-refractivity contribution is 0.0719. The third-order valence-electron chi connectivity index (χ3n) is 4.59. The van der Waals surface area contributed by atoms with Gasteiger partial charge in [0.2, 0.25) is 0 Å². The number of fused-ring (bicyclic) bond motifs is 1. The molecule has 0 unspecified atom stereocenters. The fraction of sp³-hybridized carbons (Fsp3) is 0.143. The van der Waals surface area contributed by atoms with Crippen molar-refractivity contribution < 1.29 is 9.18 Å². The van der Waals surface area contributed by atoms with Gasteiger partial charge in [-0.25, -0.2) is 4.39 Å². The number of aryl methyl sites for hydroxylation is 1. The first-order valence-corrected chi connectivity index (χ1v) is 9.46. The molecule has 0 saturated carbocycles. The van der Waals surface area contributed by atoms with Crippen molar-refractivity contribution in [2.75, 3.05) is 0 Å². The molecule has 1 amide bonds. The van der Waals surface area contributed by atoms with Crippen molar-refractivity contribution >= 4 is 27.5 Å². The van der Waals surface area contributed by atoms with E-state index in [0.29, 0.717) is 17.8 Å². The molecule has 136 valence electrons. The summed E-state index contributed by atoms with van der Waals surface area (Å²) in [6.45, 7) is 0.555. The van der Waals surface area contributed by atoms with Gasteiger partial charge in [0.25, 0.3) is 5.91 Å². The van der Waals surface area contributed by atoms with Crippen molar-refractivity contribution in [1.82, 2.24) is 14.5 Å². The molecule has 1 aromatic carbocycles. The molecule has 4 nitrogen and oxygen atoms in total. The summed E-state index contributed by atoms with van der Waals surface area (Å²) in [5.74, 6) is -0.442. The molecule has 4 aromatic rings. The van der Waals surface area contributed by atoms with Crippen LogP contribution < -0.4 is 0 Å². The highest BCUT2D eigenvalue weighted by Crippen LogP contribution is 2.26. The number of thiophene rings is 1. The molecule has 27 heavy (non-hydrogen) atoms. The average Bonchev–Trinajstić information content (AvgIpc) is 3.26. The summed E-state index contributed by atoms with van der Waals surface area (Å²) in [6.07, 6.45) is 3.42. The number of carbonyl (C=O) groups excluding carboxylic acids is 1. The van der Waals surface area contributed by atoms with Gasteiger partial charge in [-0.1, -0.05) is 24.3 Å². The van der Waals surface area contributed by atoms with Crippen molar-refractivity contribution in [2.45, 2.75) is 13.1 Å². The van der Waals surface area contributed by atoms with Gasteiger partial charge in [-0.3, -0.25) is 9.78 Å². The summed E-state index contributed by atoms with van der Waals surface area (Å²) in [5.41, 5.74) is 3.01. The summed E-state index contributed by atoms with van der Waals surface area (Å²) in [4.78, 5) is 19.1. The van der Waals surface area contributed by atoms with Crippen LogP contribution in [0.3, 0.4) is 0 Å². The Hall–Kier alpha value is -2.99. The normalized spacial score (nSPS) is 11.0. The number of pyridine rings is 1. The first-order chi connectivity index (χ1) is 13.1. The number of hydrogen-bond donors (Lipinski definition) is 0. The number of amides is 1. The summed E-state index contributed by atoms with van der Waals surface area (Å²) >= 11 is 1.60. The van der Waals surface area contributed by atoms with Crippen LogP contribution in [0.5, 0.6) is 0 Å². The monoisotopic (exact) mass is 379 g/mol. The molecule has 0 atom stereocenters. The molecule has 0 aliphatic rings. The van der Waals surface area contributed by atoms with E-state index in [1.54, 1.807) is 46.8 Å². The van der Waals surface area contributed by atoms with Gasteiger partial charge in [-0.2, -0.15) is 0 Å². The van der Waals surface area contributed by atoms with Gasteiger partial charge in [0, 0.05) is 38.1 Å². The number of aromatic nitrogens is 2. The zero-order valence-electron chi connectivity index (χ0n) is 14.8. The Morgan fingerprint density at radius 2 is 2.04 bits per heavy atom. The van der Waals surface area contributed by atoms with E-state index >= 15 is 0 Å². The van der Waals surface area contributed by atoms with Crippen LogP contribution in [-0.2, 0) is 20.1 Å². The quantitative estimate of drug-likeness (QED) is 0.508. The van der Waals surface area contributed by atoms with Crippen LogP contribution in [0.2, 0.25) is 0 Å². The second-order valence-electron chi connectivity index (χ2n) is 6.37. The smallest absolute Gasteiger partial charge is 0.271 e. The molecule has 0 radical (unpaired) electrons. The van der Waals surface area contributed by atoms with Gasteiger partial charge in [-0.05, 0) is 35.2 Å². The highest BCUT2D eigenvalue weighted by Gasteiger charge is 2.22. The highest BCUT2D eigenvalue weighted by molar-refractivity contribution is 7.17. The van der Waals surface area contributed by atoms with Crippen LogP contribution in [0.4, 0.5) is 4.39 Å². The first-order valence-electron chi connectivity index (χ1n) is 8.58. The maximum absolute atomic E-state index is 14.2. The van der Waals surface area contributed by atoms with E-state index in [0.717, 1.165) is 15.8 Å². The second-order valence-corrected chi connectivity index (χ2v) is 7.32. The molecule has 0 spiro atoms. The Labute approximate surface area is 160 Å². The van der Waals surface area contributed by atoms with E-state index in [4.69, 9.17) is 0 Å². The number of nitrogens with zero attached hydrogens (tertiary/aromatic N) is 3. The Bertz CT molecular complexity index is 1090. The van der Waals surface area contributed by atoms with E-state index in [1.807, 2.05) is 41.3 Å². The Morgan fingerprint density at radius 3 is 2.78 bits per heavy atom. The molecule has 3 heterocycles. The summed E-state index contributed by atoms with van der Waals surface area (Å²) in [7, 11) is 1.88. The number of carbonyl (C=O) groups is 1. The van der Waals surface area contributed by atoms with E-state index < -0.39 is 0 Å². The number of rotatable bonds is 5. The zero-order chi connectivity index (χ0) is 18.8. The number of benzene rings is 1. The molecule has 0 bridgehead atoms. The van der Waals surface area contributed by atoms with Crippen molar-refractivity contribution in [3.05, 3.63) is 88.9 Å². The number of hydrogen-bond acceptors (Lipinski definition) is 3. The molecular formula is C21H18FN3OS. The summed E-state index contributed by atoms with van der Waals surface area (Å²) in [5, 5.41) is 2.01. The van der Waals surface area contributed by atoms with Gasteiger partial charge in [0.15, 0.2) is 0 Å². The highest BCUT2D eigenvalue weighted by atomic mass is 32.1. The van der Waals surface area contributed by atoms with E-state index in [-0.39, 0.29) is 18.3 Å². The minimum atomic E-state index is -0.311. The van der Waals surface area contributed by atoms with E-state index in [9.17, 15) is 9.18 Å². The topological polar surface area (TPSA) is 38.1 Å². The fourth-order valence-corrected chi connectivity index (χ4v) is 4.01. The van der Waals surface area contributed by atoms with Gasteiger partial charge in [0.05, 0.1) is 10.2 Å². The van der Waals surface area contributed by atoms with Crippen molar-refractivity contribution in [3.8, 4) is 0 Å². The zero-order valence-corrected chi connectivity index (χ0v) is 15.6. The molecule has 0 N–H and O–H groups in total. The van der Waals surface area contributed by atoms with E-state index in [2.05, 4.69) is 4.98 Å². The summed E-state index contributed by atoms with van der Waals surface area (Å²) in [6, 6.07) is 14.2. The molecule has 0 saturated heterocycles. The van der Waals surface area contributed by atoms with Crippen LogP contribution in [0.1, 0.15) is 21.6 Å². The Balaban J connectivity index is 1.69. The first kappa shape index (κ1) is 17.4. The Morgan fingerprint density at radius 1 is 1.19 bits per heavy atom. The molecule has 0 aliphatic heterocycles. The van der Waals surface area contributed by atoms with Crippen molar-refractivity contribution in [1.29, 1.82) is 0 Å². The number of halogens is 1. The lowest BCUT2D eigenvalue weighted by atomic mass is 10.1. The third kappa shape index (κ3) is 3.48. The Kier molecular flexibility index (Phi) is 4.73. The maximum Gasteiger partial charge on any atom is 0.271 e. The van der Waals surface area contributed by atoms with Crippen LogP contribution in [0, 0.1) is 5.82 Å². The molecule has 0 aliphatic carbocycles. The summed E-state index contributed by atoms with van der Waals surface area (Å²) < 4.78 is 17.2. The van der Waals surface area contributed by atoms with Crippen LogP contribution >= 0.6 is 11.3 Å². The minimum absolute atomic E-state index is 0.131. The van der Waals surface area contributed by atoms with Gasteiger partial charge < -0.3 is 9.47 Å². The molecule has 4 rings (SSSR count). The lowest BCUT2D eigenvalue weighted by Gasteiger charge is -2.23. The van der Waals surface area contributed by atoms with Gasteiger partial charge in [0.1, 0.15) is 11.5 Å². The van der Waals surface area contributed by atoms with Crippen molar-refractivity contribution in [2.24, 2.45) is 7.05 Å². The van der Waals surface area contributed by atoms with Crippen LogP contribution in [0.15, 0.2) is 66.3 Å². The molecular weight excluding hydrogens is 361 g/mol. The predicted octanol–water partition coefficient (Wildman–Crippen LogP) is 4.62. The van der Waals surface area contributed by atoms with E-state index in [1.165, 1.54) is 6.07 Å². The standard InChI is InChI=1S/C21H18FN3OS/c1-24-18-8-10-27-20(18)11-19(24)21(26)25(13-15-5-4-9-23-12-15)14-16-6-2-3-7-17(16)22/h2-12H,13-14H2,1H3. The molecule has 6 heteroatoms. The minimum Gasteiger partial charge on any atom is -0.339 e. The molecule has 0 fully saturated rings. The average molecular weight is 379 g/mol. The van der Waals surface area contributed by atoms with Crippen LogP contribution in [0.25, 0.3) is 10.2 Å². The van der Waals surface area contributed by atoms with Crippen LogP contribution in [-0.4, -0.2) is 20.4 Å². The predicted molar refractivity (Wildman–Crippen MR) is 105 cm³/mol. The lowest BCUT2D eigenvalue weighted by Crippen LogP contribution is -2.31. The van der Waals surface area contributed by atoms with Gasteiger partial charge in [-0.15, -0.1) is 11.3 Å². The third-order valence-corrected chi connectivity index (χ3v) is 5.44.